The molecule has 0 spiro atoms. The minimum atomic E-state index is -0.499. The average molecular weight is 781 g/mol. The van der Waals surface area contributed by atoms with Crippen molar-refractivity contribution >= 4 is 72.4 Å². The number of carbonyl (C=O) groups excluding carboxylic acids is 4. The highest BCUT2D eigenvalue weighted by Crippen LogP contribution is 2.35. The van der Waals surface area contributed by atoms with Crippen molar-refractivity contribution in [2.75, 3.05) is 13.1 Å². The third kappa shape index (κ3) is 7.13. The number of hydrogen-bond donors (Lipinski definition) is 2. The average Bonchev–Trinajstić information content (AvgIpc) is 4.05. The number of amides is 2. The third-order valence-corrected chi connectivity index (χ3v) is 10.7. The summed E-state index contributed by atoms with van der Waals surface area (Å²) >= 11 is 0. The molecular formula is C44H40N6O4S2. The molecule has 0 saturated carbocycles. The van der Waals surface area contributed by atoms with Crippen molar-refractivity contribution in [2.45, 2.75) is 37.8 Å². The van der Waals surface area contributed by atoms with Crippen molar-refractivity contribution < 1.29 is 19.2 Å². The van der Waals surface area contributed by atoms with E-state index in [1.165, 1.54) is 0 Å². The number of nitrogens with one attached hydrogen (secondary N) is 2. The molecule has 2 saturated heterocycles. The normalized spacial score (nSPS) is 16.4. The Bertz CT molecular complexity index is 2390. The van der Waals surface area contributed by atoms with Gasteiger partial charge < -0.3 is 19.8 Å². The number of Topliss-reactive ketones (excluding diaryl/α,β-unsaturated/α-hetero) is 2. The Morgan fingerprint density at radius 1 is 0.500 bits per heavy atom. The van der Waals surface area contributed by atoms with Crippen LogP contribution in [0.15, 0.2) is 121 Å². The molecule has 0 unspecified atom stereocenters. The van der Waals surface area contributed by atoms with E-state index in [1.807, 2.05) is 36.4 Å². The molecule has 2 amide bonds. The van der Waals surface area contributed by atoms with E-state index >= 15 is 0 Å². The van der Waals surface area contributed by atoms with Gasteiger partial charge in [0.1, 0.15) is 11.6 Å². The van der Waals surface area contributed by atoms with Crippen molar-refractivity contribution in [3.63, 3.8) is 0 Å². The van der Waals surface area contributed by atoms with Crippen molar-refractivity contribution in [1.29, 1.82) is 0 Å². The fourth-order valence-electron chi connectivity index (χ4n) is 7.86. The predicted molar refractivity (Wildman–Crippen MR) is 226 cm³/mol. The lowest BCUT2D eigenvalue weighted by molar-refractivity contribution is -0.128. The van der Waals surface area contributed by atoms with Crippen LogP contribution < -0.4 is 0 Å². The topological polar surface area (TPSA) is 132 Å². The minimum Gasteiger partial charge on any atom is -0.340 e. The van der Waals surface area contributed by atoms with Gasteiger partial charge in [0, 0.05) is 24.2 Å². The molecule has 2 atom stereocenters. The van der Waals surface area contributed by atoms with Crippen molar-refractivity contribution in [3.8, 4) is 22.3 Å². The molecule has 2 aromatic heterocycles. The summed E-state index contributed by atoms with van der Waals surface area (Å²) in [6.45, 7) is 1.03. The molecule has 2 fully saturated rings. The zero-order valence-corrected chi connectivity index (χ0v) is 32.4. The van der Waals surface area contributed by atoms with Crippen molar-refractivity contribution in [3.05, 3.63) is 144 Å². The van der Waals surface area contributed by atoms with E-state index in [1.54, 1.807) is 58.3 Å². The number of carbonyl (C=O) groups is 4. The fourth-order valence-corrected chi connectivity index (χ4v) is 7.86. The van der Waals surface area contributed by atoms with Gasteiger partial charge in [0.2, 0.25) is 11.6 Å². The second kappa shape index (κ2) is 16.0. The lowest BCUT2D eigenvalue weighted by atomic mass is 10.00. The van der Waals surface area contributed by atoms with E-state index in [4.69, 9.17) is 9.97 Å². The summed E-state index contributed by atoms with van der Waals surface area (Å²) in [5.41, 5.74) is 8.27. The van der Waals surface area contributed by atoms with Gasteiger partial charge in [0.25, 0.3) is 11.8 Å². The molecule has 10 nitrogen and oxygen atoms in total. The Hall–Kier alpha value is -5.98. The SMILES string of the molecule is O=C(C(=O)N1CCC[C@H]1c1nc2ccc(-c3ccc(-c4ccc5nc([C@@H]6CCCN6C(=O)C(=O)c6ccccc6)[nH]c5c4)cc3)cc2[nH]1)c1ccccc1.S.S. The molecule has 2 N–H and O–H groups in total. The van der Waals surface area contributed by atoms with Crippen LogP contribution in [0, 0.1) is 0 Å². The third-order valence-electron chi connectivity index (χ3n) is 10.7. The molecule has 12 heteroatoms. The van der Waals surface area contributed by atoms with E-state index in [0.29, 0.717) is 35.9 Å². The number of H-pyrrole nitrogens is 2. The van der Waals surface area contributed by atoms with Crippen LogP contribution in [0.5, 0.6) is 0 Å². The highest BCUT2D eigenvalue weighted by molar-refractivity contribution is 7.59. The second-order valence-corrected chi connectivity index (χ2v) is 14.0. The number of fused-ring (bicyclic) bond motifs is 2. The maximum Gasteiger partial charge on any atom is 0.295 e. The Morgan fingerprint density at radius 2 is 0.875 bits per heavy atom. The van der Waals surface area contributed by atoms with Crippen LogP contribution in [0.2, 0.25) is 0 Å². The van der Waals surface area contributed by atoms with Crippen LogP contribution in [-0.2, 0) is 9.59 Å². The van der Waals surface area contributed by atoms with E-state index in [9.17, 15) is 19.2 Å². The van der Waals surface area contributed by atoms with Gasteiger partial charge in [-0.15, -0.1) is 0 Å². The molecule has 5 aromatic carbocycles. The molecule has 0 bridgehead atoms. The molecule has 0 aliphatic carbocycles. The van der Waals surface area contributed by atoms with Crippen LogP contribution in [-0.4, -0.2) is 66.2 Å². The van der Waals surface area contributed by atoms with E-state index in [-0.39, 0.29) is 39.1 Å². The van der Waals surface area contributed by atoms with Crippen molar-refractivity contribution in [2.24, 2.45) is 0 Å². The number of ketones is 2. The summed E-state index contributed by atoms with van der Waals surface area (Å²) in [7, 11) is 0. The van der Waals surface area contributed by atoms with Gasteiger partial charge >= 0.3 is 0 Å². The van der Waals surface area contributed by atoms with Crippen molar-refractivity contribution in [1.82, 2.24) is 29.7 Å². The maximum absolute atomic E-state index is 13.2. The molecule has 56 heavy (non-hydrogen) atoms. The molecule has 7 aromatic rings. The first kappa shape index (κ1) is 38.3. The zero-order chi connectivity index (χ0) is 36.8. The van der Waals surface area contributed by atoms with E-state index in [0.717, 1.165) is 70.0 Å². The van der Waals surface area contributed by atoms with Crippen LogP contribution in [0.4, 0.5) is 0 Å². The summed E-state index contributed by atoms with van der Waals surface area (Å²) in [6.07, 6.45) is 3.09. The minimum absolute atomic E-state index is 0. The molecule has 2 aliphatic heterocycles. The molecule has 9 rings (SSSR count). The Morgan fingerprint density at radius 3 is 1.27 bits per heavy atom. The quantitative estimate of drug-likeness (QED) is 0.118. The first-order chi connectivity index (χ1) is 26.4. The Labute approximate surface area is 337 Å². The summed E-state index contributed by atoms with van der Waals surface area (Å²) in [4.78, 5) is 72.2. The van der Waals surface area contributed by atoms with Crippen LogP contribution in [0.3, 0.4) is 0 Å². The summed E-state index contributed by atoms with van der Waals surface area (Å²) in [6, 6.07) is 37.4. The number of benzene rings is 5. The molecule has 4 heterocycles. The summed E-state index contributed by atoms with van der Waals surface area (Å²) < 4.78 is 0. The smallest absolute Gasteiger partial charge is 0.295 e. The first-order valence-corrected chi connectivity index (χ1v) is 18.3. The second-order valence-electron chi connectivity index (χ2n) is 14.0. The highest BCUT2D eigenvalue weighted by atomic mass is 32.1. The van der Waals surface area contributed by atoms with Gasteiger partial charge in [-0.3, -0.25) is 19.2 Å². The number of hydrogen-bond acceptors (Lipinski definition) is 6. The van der Waals surface area contributed by atoms with Gasteiger partial charge in [0.15, 0.2) is 0 Å². The lowest BCUT2D eigenvalue weighted by Crippen LogP contribution is -2.36. The molecular weight excluding hydrogens is 741 g/mol. The monoisotopic (exact) mass is 780 g/mol. The van der Waals surface area contributed by atoms with Crippen LogP contribution in [0.25, 0.3) is 44.3 Å². The number of nitrogens with zero attached hydrogens (tertiary/aromatic N) is 4. The number of rotatable bonds is 8. The Balaban J connectivity index is 0.00000240. The summed E-state index contributed by atoms with van der Waals surface area (Å²) in [5.74, 6) is -0.618. The fraction of sp³-hybridized carbons (Fsp3) is 0.182. The number of aromatic amines is 2. The van der Waals surface area contributed by atoms with Gasteiger partial charge in [-0.1, -0.05) is 97.1 Å². The van der Waals surface area contributed by atoms with E-state index in [2.05, 4.69) is 46.4 Å². The lowest BCUT2D eigenvalue weighted by Gasteiger charge is -2.22. The van der Waals surface area contributed by atoms with Gasteiger partial charge in [-0.2, -0.15) is 27.0 Å². The number of imidazole rings is 2. The molecule has 282 valence electrons. The largest absolute Gasteiger partial charge is 0.340 e. The zero-order valence-electron chi connectivity index (χ0n) is 30.4. The van der Waals surface area contributed by atoms with Gasteiger partial charge in [-0.05, 0) is 72.2 Å². The maximum atomic E-state index is 13.2. The summed E-state index contributed by atoms with van der Waals surface area (Å²) in [5, 5.41) is 0. The van der Waals surface area contributed by atoms with Gasteiger partial charge in [0.05, 0.1) is 34.2 Å². The van der Waals surface area contributed by atoms with Crippen LogP contribution >= 0.6 is 27.0 Å². The number of aromatic nitrogens is 4. The van der Waals surface area contributed by atoms with E-state index < -0.39 is 23.4 Å². The first-order valence-electron chi connectivity index (χ1n) is 18.3. The van der Waals surface area contributed by atoms with Gasteiger partial charge in [-0.25, -0.2) is 9.97 Å². The predicted octanol–water partition coefficient (Wildman–Crippen LogP) is 8.09. The van der Waals surface area contributed by atoms with Crippen LogP contribution in [0.1, 0.15) is 70.1 Å². The molecule has 0 radical (unpaired) electrons. The molecule has 2 aliphatic rings. The standard InChI is InChI=1S/C44H36N6O4.2H2S/c51-39(29-9-3-1-4-10-29)43(53)49-23-7-13-37(49)41-45-33-21-19-31(25-35(33)47-41)27-15-17-28(18-16-27)32-20-22-34-36(26-32)48-42(46-34)38-14-8-24-50(38)44(54)40(52)30-11-5-2-6-12-30;;/h1-6,9-12,15-22,25-26,37-38H,7-8,13-14,23-24H2,(H,45,47)(H,46,48);2*1H2/t37-,38-;;/m0../s1. The number of likely N-dealkylation sites (tertiary alicyclic amines) is 2. The highest BCUT2D eigenvalue weighted by Gasteiger charge is 2.37. The Kier molecular flexibility index (Phi) is 11.0.